The van der Waals surface area contributed by atoms with Crippen molar-refractivity contribution in [1.82, 2.24) is 78.1 Å². The van der Waals surface area contributed by atoms with Gasteiger partial charge in [0.2, 0.25) is 11.9 Å². The lowest BCUT2D eigenvalue weighted by Crippen LogP contribution is -2.31. The third-order valence-corrected chi connectivity index (χ3v) is 17.7. The van der Waals surface area contributed by atoms with E-state index in [0.717, 1.165) is 19.0 Å². The molecule has 0 saturated carbocycles. The number of ether oxygens (including phenoxy) is 4. The lowest BCUT2D eigenvalue weighted by molar-refractivity contribution is -0.0619. The van der Waals surface area contributed by atoms with Crippen LogP contribution in [0.15, 0.2) is 47.6 Å². The van der Waals surface area contributed by atoms with Crippen LogP contribution < -0.4 is 34.1 Å². The van der Waals surface area contributed by atoms with Crippen molar-refractivity contribution in [1.29, 1.82) is 0 Å². The third kappa shape index (κ3) is 12.7. The lowest BCUT2D eigenvalue weighted by Gasteiger charge is -2.25. The van der Waals surface area contributed by atoms with Gasteiger partial charge in [0.25, 0.3) is 11.1 Å². The average Bonchev–Trinajstić information content (AvgIpc) is 1.94. The van der Waals surface area contributed by atoms with E-state index in [-0.39, 0.29) is 87.5 Å². The van der Waals surface area contributed by atoms with Crippen LogP contribution in [-0.4, -0.2) is 183 Å². The maximum atomic E-state index is 14.2. The smallest absolute Gasteiger partial charge is 0.394 e. The van der Waals surface area contributed by atoms with Crippen molar-refractivity contribution in [3.8, 4) is 0 Å². The van der Waals surface area contributed by atoms with E-state index < -0.39 is 149 Å². The zero-order chi connectivity index (χ0) is 61.5. The van der Waals surface area contributed by atoms with Gasteiger partial charge in [0.05, 0.1) is 51.7 Å². The van der Waals surface area contributed by atoms with E-state index in [4.69, 9.17) is 73.5 Å². The van der Waals surface area contributed by atoms with E-state index in [1.807, 2.05) is 0 Å². The van der Waals surface area contributed by atoms with Crippen LogP contribution in [0.1, 0.15) is 50.6 Å². The number of anilines is 4. The summed E-state index contributed by atoms with van der Waals surface area (Å²) in [6.45, 7) is -3.50. The highest BCUT2D eigenvalue weighted by molar-refractivity contribution is 7.48. The number of nitrogens with one attached hydrogen (secondary N) is 2. The fourth-order valence-electron chi connectivity index (χ4n) is 10.3. The van der Waals surface area contributed by atoms with E-state index in [9.17, 15) is 57.4 Å². The molecule has 3 unspecified atom stereocenters. The number of hydrogen-bond acceptors (Lipinski definition) is 32. The monoisotopic (exact) mass is 1300 g/mol. The Morgan fingerprint density at radius 2 is 0.793 bits per heavy atom. The van der Waals surface area contributed by atoms with Gasteiger partial charge in [0.15, 0.2) is 45.3 Å². The molecule has 12 heterocycles. The van der Waals surface area contributed by atoms with Crippen LogP contribution in [0.4, 0.5) is 23.5 Å². The number of nitrogen functional groups attached to an aromatic ring is 4. The summed E-state index contributed by atoms with van der Waals surface area (Å²) in [5.74, 6) is -0.552. The average molecular weight is 1300 g/mol. The third-order valence-electron chi connectivity index (χ3n) is 14.1. The maximum absolute atomic E-state index is 14.2. The van der Waals surface area contributed by atoms with Crippen LogP contribution in [0.2, 0.25) is 0 Å². The molecule has 4 saturated heterocycles. The molecule has 0 amide bonds. The van der Waals surface area contributed by atoms with Crippen molar-refractivity contribution in [3.63, 3.8) is 0 Å². The normalized spacial score (nSPS) is 28.3. The van der Waals surface area contributed by atoms with Gasteiger partial charge in [-0.1, -0.05) is 0 Å². The molecule has 87 heavy (non-hydrogen) atoms. The molecule has 15 atom stereocenters. The number of aliphatic hydroxyl groups is 1. The molecule has 16 N–H and O–H groups in total. The molecule has 4 aliphatic heterocycles. The Morgan fingerprint density at radius 3 is 1.15 bits per heavy atom. The largest absolute Gasteiger partial charge is 0.472 e. The molecule has 8 aromatic rings. The number of hydrogen-bond donors (Lipinski definition) is 12. The number of nitrogens with two attached hydrogens (primary N) is 4. The van der Waals surface area contributed by atoms with Crippen molar-refractivity contribution < 1.29 is 98.4 Å². The summed E-state index contributed by atoms with van der Waals surface area (Å²) < 4.78 is 121. The first-order chi connectivity index (χ1) is 41.3. The molecular formula is C40H50N20O23P4. The summed E-state index contributed by atoms with van der Waals surface area (Å²) in [5.41, 5.74) is 22.3. The van der Waals surface area contributed by atoms with Crippen LogP contribution in [-0.2, 0) is 68.9 Å². The highest BCUT2D eigenvalue weighted by Crippen LogP contribution is 2.54. The van der Waals surface area contributed by atoms with Crippen molar-refractivity contribution in [3.05, 3.63) is 58.7 Å². The topological polar surface area (TPSA) is 610 Å². The van der Waals surface area contributed by atoms with Gasteiger partial charge in [-0.2, -0.15) is 9.97 Å². The SMILES string of the molecule is Nc1nc2c(ncn2[C@@H]2C[C@@H](OP(=O)(O)OC[C@@H]3O[C@H](n4cnc5c(=O)[nH]c(N)nc54)C[C@H]3OP(=O)(O)OC[C@@H]3O[C@H](n4cnc5c(N)ncnc54)C[C@H]3OP(=O)(O)OC[C@@H]3O[C@H](n4cnc5c(N)ncnc54)C[C@H]3OP(=O)(O)O)[C@H](CO)O2)c(=O)[nH]1. The number of imidazole rings is 4. The van der Waals surface area contributed by atoms with Crippen LogP contribution in [0.5, 0.6) is 0 Å². The summed E-state index contributed by atoms with van der Waals surface area (Å²) in [6, 6.07) is 0. The second kappa shape index (κ2) is 23.3. The molecule has 43 nitrogen and oxygen atoms in total. The number of fused-ring (bicyclic) bond motifs is 4. The predicted octanol–water partition coefficient (Wildman–Crippen LogP) is -1.61. The molecule has 4 aliphatic rings. The zero-order valence-electron chi connectivity index (χ0n) is 44.0. The molecule has 47 heteroatoms. The number of H-pyrrole nitrogens is 2. The van der Waals surface area contributed by atoms with Gasteiger partial charge in [-0.25, -0.2) is 58.1 Å². The van der Waals surface area contributed by atoms with E-state index in [1.165, 1.54) is 37.3 Å². The van der Waals surface area contributed by atoms with Crippen LogP contribution in [0.3, 0.4) is 0 Å². The van der Waals surface area contributed by atoms with E-state index >= 15 is 0 Å². The number of rotatable bonds is 22. The van der Waals surface area contributed by atoms with E-state index in [1.54, 1.807) is 0 Å². The Hall–Kier alpha value is -6.76. The molecule has 0 bridgehead atoms. The summed E-state index contributed by atoms with van der Waals surface area (Å²) in [6.07, 6.45) is -10.5. The summed E-state index contributed by atoms with van der Waals surface area (Å²) in [5, 5.41) is 10.2. The fourth-order valence-corrected chi connectivity index (χ4v) is 13.8. The predicted molar refractivity (Wildman–Crippen MR) is 285 cm³/mol. The molecular weight excluding hydrogens is 1250 g/mol. The summed E-state index contributed by atoms with van der Waals surface area (Å²) in [4.78, 5) is 124. The minimum atomic E-state index is -5.42. The number of aromatic nitrogens is 16. The van der Waals surface area contributed by atoms with Gasteiger partial charge in [-0.05, 0) is 0 Å². The standard InChI is InChI=1S/C40H50N20O23P4/c41-31-27-33(47-9-45-31)57(11-49-27)23-2-16(80-84(64,65)66)20(77-23)6-73-86(69,70)82-17-3-24(58-12-50-28-32(42)46-10-48-34(28)58)78-21(17)7-75-87(71,72)83-18-4-26(60-14-52-30-36(60)54-40(44)56-38(30)63)79-22(18)8-74-85(67,68)81-15-1-25(76-19(15)5-61)59-13-51-29-35(59)53-39(43)55-37(29)62/h9-26,61H,1-8H2,(H,67,68)(H,69,70)(H,71,72)(H2,41,45,47)(H2,42,46,48)(H2,64,65,66)(H3,43,53,55,62)(H3,44,54,56,63)/t15-,16-,17-,18-,19+,20+,21+,22+,23+,24+,25+,26+/m1/s1. The van der Waals surface area contributed by atoms with Crippen molar-refractivity contribution >= 4 is 99.5 Å². The highest BCUT2D eigenvalue weighted by atomic mass is 31.2. The van der Waals surface area contributed by atoms with Crippen molar-refractivity contribution in [2.45, 2.75) is 99.4 Å². The van der Waals surface area contributed by atoms with E-state index in [0.29, 0.717) is 0 Å². The van der Waals surface area contributed by atoms with Gasteiger partial charge in [-0.3, -0.25) is 69.5 Å². The molecule has 4 fully saturated rings. The van der Waals surface area contributed by atoms with Crippen molar-refractivity contribution in [2.75, 3.05) is 49.4 Å². The van der Waals surface area contributed by atoms with Gasteiger partial charge < -0.3 is 71.5 Å². The quantitative estimate of drug-likeness (QED) is 0.0340. The minimum Gasteiger partial charge on any atom is -0.394 e. The second-order valence-corrected chi connectivity index (χ2v) is 25.1. The molecule has 0 spiro atoms. The van der Waals surface area contributed by atoms with Crippen LogP contribution >= 0.6 is 31.3 Å². The number of aliphatic hydroxyl groups excluding tert-OH is 1. The highest BCUT2D eigenvalue weighted by Gasteiger charge is 2.49. The zero-order valence-corrected chi connectivity index (χ0v) is 47.6. The lowest BCUT2D eigenvalue weighted by atomic mass is 10.2. The molecule has 0 aliphatic carbocycles. The Kier molecular flexibility index (Phi) is 16.2. The Labute approximate surface area is 482 Å². The van der Waals surface area contributed by atoms with E-state index in [2.05, 4.69) is 59.8 Å². The molecule has 0 aromatic carbocycles. The first kappa shape index (κ1) is 60.5. The number of phosphoric acid groups is 4. The maximum Gasteiger partial charge on any atom is 0.472 e. The first-order valence-corrected chi connectivity index (χ1v) is 31.5. The fraction of sp³-hybridized carbons (Fsp3) is 0.500. The van der Waals surface area contributed by atoms with Gasteiger partial charge in [0, 0.05) is 25.7 Å². The van der Waals surface area contributed by atoms with Gasteiger partial charge >= 0.3 is 31.3 Å². The van der Waals surface area contributed by atoms with Gasteiger partial charge in [0.1, 0.15) is 97.4 Å². The molecule has 0 radical (unpaired) electrons. The first-order valence-electron chi connectivity index (χ1n) is 25.5. The second-order valence-electron chi connectivity index (χ2n) is 19.7. The van der Waals surface area contributed by atoms with Crippen molar-refractivity contribution in [2.24, 2.45) is 0 Å². The Bertz CT molecular complexity index is 4240. The number of nitrogens with zero attached hydrogens (tertiary/aromatic N) is 14. The Balaban J connectivity index is 0.754. The number of aromatic amines is 2. The van der Waals surface area contributed by atoms with Gasteiger partial charge in [-0.15, -0.1) is 0 Å². The molecule has 12 rings (SSSR count). The minimum absolute atomic E-state index is 0.000460. The van der Waals surface area contributed by atoms with Crippen LogP contribution in [0, 0.1) is 0 Å². The Morgan fingerprint density at radius 1 is 0.471 bits per heavy atom. The molecule has 468 valence electrons. The molecule has 8 aromatic heterocycles. The number of phosphoric ester groups is 4. The van der Waals surface area contributed by atoms with Crippen LogP contribution in [0.25, 0.3) is 44.7 Å². The summed E-state index contributed by atoms with van der Waals surface area (Å²) in [7, 11) is -21.2. The summed E-state index contributed by atoms with van der Waals surface area (Å²) >= 11 is 0.